The molecule has 1 atom stereocenters. The number of aromatic nitrogens is 1. The molecule has 1 aromatic heterocycles. The number of aryl methyl sites for hydroxylation is 1. The van der Waals surface area contributed by atoms with Crippen LogP contribution in [0.15, 0.2) is 0 Å². The first kappa shape index (κ1) is 17.7. The Morgan fingerprint density at radius 2 is 1.84 bits per heavy atom. The van der Waals surface area contributed by atoms with Crippen LogP contribution in [-0.4, -0.2) is 47.2 Å². The van der Waals surface area contributed by atoms with Crippen LogP contribution < -0.4 is 0 Å². The number of ketones is 1. The van der Waals surface area contributed by atoms with Gasteiger partial charge in [0.1, 0.15) is 5.69 Å². The van der Waals surface area contributed by atoms with Crippen LogP contribution in [0.1, 0.15) is 64.7 Å². The molecule has 0 aromatic carbocycles. The second-order valence-electron chi connectivity index (χ2n) is 7.37. The first-order valence-corrected chi connectivity index (χ1v) is 8.97. The highest BCUT2D eigenvalue weighted by molar-refractivity contribution is 6.06. The number of Topliss-reactive ketones (excluding diaryl/α,β-unsaturated/α-hetero) is 1. The van der Waals surface area contributed by atoms with Crippen LogP contribution in [0.3, 0.4) is 0 Å². The number of nitrogens with zero attached hydrogens (tertiary/aromatic N) is 1. The van der Waals surface area contributed by atoms with Crippen molar-refractivity contribution in [3.05, 3.63) is 22.5 Å². The summed E-state index contributed by atoms with van der Waals surface area (Å²) < 4.78 is 4.77. The summed E-state index contributed by atoms with van der Waals surface area (Å²) in [5.74, 6) is 0.115. The molecule has 1 heterocycles. The normalized spacial score (nSPS) is 17.9. The highest BCUT2D eigenvalue weighted by atomic mass is 16.5. The molecule has 1 N–H and O–H groups in total. The van der Waals surface area contributed by atoms with Crippen molar-refractivity contribution in [1.29, 1.82) is 0 Å². The van der Waals surface area contributed by atoms with Gasteiger partial charge in [0, 0.05) is 23.7 Å². The lowest BCUT2D eigenvalue weighted by molar-refractivity contribution is -0.134. The Labute approximate surface area is 147 Å². The molecule has 0 radical (unpaired) electrons. The lowest BCUT2D eigenvalue weighted by Gasteiger charge is -2.29. The van der Waals surface area contributed by atoms with E-state index in [0.717, 1.165) is 25.7 Å². The molecule has 136 valence electrons. The molecule has 0 spiro atoms. The zero-order valence-electron chi connectivity index (χ0n) is 15.3. The molecule has 0 saturated heterocycles. The molecular weight excluding hydrogens is 320 g/mol. The second-order valence-corrected chi connectivity index (χ2v) is 7.37. The fourth-order valence-corrected chi connectivity index (χ4v) is 3.36. The van der Waals surface area contributed by atoms with Crippen molar-refractivity contribution >= 4 is 17.7 Å². The summed E-state index contributed by atoms with van der Waals surface area (Å²) in [6.45, 7) is 5.97. The number of H-pyrrole nitrogens is 1. The Hall–Kier alpha value is -2.11. The summed E-state index contributed by atoms with van der Waals surface area (Å²) in [6.07, 6.45) is 4.11. The Morgan fingerprint density at radius 3 is 2.36 bits per heavy atom. The number of carbonyl (C=O) groups excluding carboxylic acids is 3. The van der Waals surface area contributed by atoms with Gasteiger partial charge in [0.25, 0.3) is 0 Å². The second kappa shape index (κ2) is 6.65. The average molecular weight is 346 g/mol. The number of nitrogens with one attached hydrogen (secondary N) is 1. The quantitative estimate of drug-likeness (QED) is 0.608. The van der Waals surface area contributed by atoms with Crippen molar-refractivity contribution in [2.45, 2.75) is 52.5 Å². The van der Waals surface area contributed by atoms with Crippen LogP contribution in [0.4, 0.5) is 0 Å². The molecule has 2 aliphatic carbocycles. The van der Waals surface area contributed by atoms with Gasteiger partial charge in [-0.15, -0.1) is 0 Å². The van der Waals surface area contributed by atoms with Gasteiger partial charge in [0.15, 0.2) is 5.78 Å². The Balaban J connectivity index is 1.86. The number of aromatic amines is 1. The van der Waals surface area contributed by atoms with Crippen LogP contribution in [0.5, 0.6) is 0 Å². The smallest absolute Gasteiger partial charge is 0.354 e. The molecule has 0 bridgehead atoms. The van der Waals surface area contributed by atoms with E-state index in [2.05, 4.69) is 4.98 Å². The maximum Gasteiger partial charge on any atom is 0.354 e. The van der Waals surface area contributed by atoms with Crippen molar-refractivity contribution < 1.29 is 19.1 Å². The van der Waals surface area contributed by atoms with Gasteiger partial charge in [-0.05, 0) is 57.9 Å². The van der Waals surface area contributed by atoms with Crippen LogP contribution in [0.25, 0.3) is 0 Å². The van der Waals surface area contributed by atoms with Gasteiger partial charge in [0.2, 0.25) is 5.91 Å². The molecule has 1 aromatic rings. The van der Waals surface area contributed by atoms with E-state index < -0.39 is 12.0 Å². The summed E-state index contributed by atoms with van der Waals surface area (Å²) in [5, 5.41) is 0. The van der Waals surface area contributed by atoms with Gasteiger partial charge in [-0.3, -0.25) is 9.59 Å². The van der Waals surface area contributed by atoms with Crippen molar-refractivity contribution in [3.63, 3.8) is 0 Å². The number of methoxy groups -OCH3 is 1. The Kier molecular flexibility index (Phi) is 4.71. The zero-order valence-corrected chi connectivity index (χ0v) is 15.3. The van der Waals surface area contributed by atoms with Crippen LogP contribution in [0.2, 0.25) is 0 Å². The Morgan fingerprint density at radius 1 is 1.20 bits per heavy atom. The minimum atomic E-state index is -0.521. The fourth-order valence-electron chi connectivity index (χ4n) is 3.36. The topological polar surface area (TPSA) is 79.5 Å². The summed E-state index contributed by atoms with van der Waals surface area (Å²) in [5.41, 5.74) is 2.03. The minimum absolute atomic E-state index is 0.0908. The minimum Gasteiger partial charge on any atom is -0.464 e. The largest absolute Gasteiger partial charge is 0.464 e. The predicted octanol–water partition coefficient (Wildman–Crippen LogP) is 2.64. The van der Waals surface area contributed by atoms with Gasteiger partial charge in [0.05, 0.1) is 13.2 Å². The number of hydrogen-bond acceptors (Lipinski definition) is 4. The lowest BCUT2D eigenvalue weighted by Crippen LogP contribution is -2.45. The standard InChI is InChI=1S/C19H26N2O4/c1-10-15(11(2)20-16(10)19(24)25-4)17(22)12(3)21(9-13-5-6-13)18(23)14-7-8-14/h12-14,20H,5-9H2,1-4H3. The van der Waals surface area contributed by atoms with Crippen LogP contribution in [-0.2, 0) is 9.53 Å². The van der Waals surface area contributed by atoms with Crippen molar-refractivity contribution in [1.82, 2.24) is 9.88 Å². The van der Waals surface area contributed by atoms with E-state index >= 15 is 0 Å². The highest BCUT2D eigenvalue weighted by Gasteiger charge is 2.40. The fraction of sp³-hybridized carbons (Fsp3) is 0.632. The van der Waals surface area contributed by atoms with E-state index in [-0.39, 0.29) is 17.6 Å². The van der Waals surface area contributed by atoms with Gasteiger partial charge in [-0.1, -0.05) is 0 Å². The molecule has 6 heteroatoms. The van der Waals surface area contributed by atoms with E-state index in [1.165, 1.54) is 7.11 Å². The summed E-state index contributed by atoms with van der Waals surface area (Å²) in [4.78, 5) is 42.4. The van der Waals surface area contributed by atoms with E-state index in [1.54, 1.807) is 25.7 Å². The third-order valence-corrected chi connectivity index (χ3v) is 5.28. The number of amides is 1. The molecule has 2 saturated carbocycles. The number of ether oxygens (including phenoxy) is 1. The molecule has 2 fully saturated rings. The van der Waals surface area contributed by atoms with E-state index in [0.29, 0.717) is 35.0 Å². The third-order valence-electron chi connectivity index (χ3n) is 5.28. The first-order chi connectivity index (χ1) is 11.8. The number of carbonyl (C=O) groups is 3. The number of esters is 1. The van der Waals surface area contributed by atoms with E-state index in [4.69, 9.17) is 4.74 Å². The molecule has 0 aliphatic heterocycles. The molecule has 1 unspecified atom stereocenters. The number of rotatable bonds is 7. The third kappa shape index (κ3) is 3.48. The van der Waals surface area contributed by atoms with Gasteiger partial charge < -0.3 is 14.6 Å². The maximum absolute atomic E-state index is 13.1. The molecule has 1 amide bonds. The number of hydrogen-bond donors (Lipinski definition) is 1. The monoisotopic (exact) mass is 346 g/mol. The van der Waals surface area contributed by atoms with Crippen molar-refractivity contribution in [2.75, 3.05) is 13.7 Å². The summed E-state index contributed by atoms with van der Waals surface area (Å²) in [7, 11) is 1.31. The van der Waals surface area contributed by atoms with Crippen molar-refractivity contribution in [3.8, 4) is 0 Å². The molecule has 2 aliphatic rings. The Bertz CT molecular complexity index is 713. The lowest BCUT2D eigenvalue weighted by atomic mass is 9.99. The molecule has 6 nitrogen and oxygen atoms in total. The van der Waals surface area contributed by atoms with Crippen LogP contribution >= 0.6 is 0 Å². The van der Waals surface area contributed by atoms with Crippen molar-refractivity contribution in [2.24, 2.45) is 11.8 Å². The van der Waals surface area contributed by atoms with E-state index in [9.17, 15) is 14.4 Å². The van der Waals surface area contributed by atoms with Gasteiger partial charge in [-0.2, -0.15) is 0 Å². The summed E-state index contributed by atoms with van der Waals surface area (Å²) >= 11 is 0. The predicted molar refractivity (Wildman–Crippen MR) is 92.6 cm³/mol. The maximum atomic E-state index is 13.1. The van der Waals surface area contributed by atoms with Gasteiger partial charge in [-0.25, -0.2) is 4.79 Å². The van der Waals surface area contributed by atoms with Crippen LogP contribution in [0, 0.1) is 25.7 Å². The molecular formula is C19H26N2O4. The van der Waals surface area contributed by atoms with E-state index in [1.807, 2.05) is 0 Å². The van der Waals surface area contributed by atoms with Gasteiger partial charge >= 0.3 is 5.97 Å². The molecule has 25 heavy (non-hydrogen) atoms. The SMILES string of the molecule is COC(=O)c1[nH]c(C)c(C(=O)C(C)N(CC2CC2)C(=O)C2CC2)c1C. The first-order valence-electron chi connectivity index (χ1n) is 8.97. The zero-order chi connectivity index (χ0) is 18.3. The summed E-state index contributed by atoms with van der Waals surface area (Å²) in [6, 6.07) is -0.521. The molecule has 3 rings (SSSR count). The average Bonchev–Trinajstić information content (AvgIpc) is 3.49. The highest BCUT2D eigenvalue weighted by Crippen LogP contribution is 2.36.